The van der Waals surface area contributed by atoms with E-state index in [1.165, 1.54) is 7.11 Å². The molecule has 0 spiro atoms. The second kappa shape index (κ2) is 6.66. The van der Waals surface area contributed by atoms with Crippen molar-refractivity contribution in [1.29, 1.82) is 0 Å². The fourth-order valence-electron chi connectivity index (χ4n) is 2.50. The van der Waals surface area contributed by atoms with Gasteiger partial charge in [-0.3, -0.25) is 9.78 Å². The maximum Gasteiger partial charge on any atom is 0.308 e. The fraction of sp³-hybridized carbons (Fsp3) is 0.600. The number of nitrogens with zero attached hydrogens (tertiary/aromatic N) is 1. The molecule has 1 aromatic rings. The number of rotatable bonds is 4. The zero-order valence-corrected chi connectivity index (χ0v) is 11.6. The lowest BCUT2D eigenvalue weighted by Crippen LogP contribution is -2.27. The highest BCUT2D eigenvalue weighted by molar-refractivity contribution is 5.72. The van der Waals surface area contributed by atoms with E-state index in [-0.39, 0.29) is 18.0 Å². The summed E-state index contributed by atoms with van der Waals surface area (Å²) >= 11 is 0. The van der Waals surface area contributed by atoms with Crippen LogP contribution >= 0.6 is 0 Å². The summed E-state index contributed by atoms with van der Waals surface area (Å²) in [5.41, 5.74) is 2.16. The average Bonchev–Trinajstić information content (AvgIpc) is 2.46. The number of aromatic nitrogens is 1. The normalized spacial score (nSPS) is 23.1. The van der Waals surface area contributed by atoms with Gasteiger partial charge in [0.25, 0.3) is 0 Å². The monoisotopic (exact) mass is 263 g/mol. The molecular weight excluding hydrogens is 242 g/mol. The van der Waals surface area contributed by atoms with Gasteiger partial charge in [0.1, 0.15) is 0 Å². The minimum Gasteiger partial charge on any atom is -0.469 e. The van der Waals surface area contributed by atoms with Crippen LogP contribution in [-0.2, 0) is 20.9 Å². The zero-order valence-electron chi connectivity index (χ0n) is 11.6. The van der Waals surface area contributed by atoms with Crippen molar-refractivity contribution in [3.63, 3.8) is 0 Å². The molecule has 2 rings (SSSR count). The first-order valence-electron chi connectivity index (χ1n) is 6.80. The van der Waals surface area contributed by atoms with Crippen molar-refractivity contribution in [2.45, 2.75) is 45.3 Å². The molecule has 0 amide bonds. The van der Waals surface area contributed by atoms with Gasteiger partial charge in [-0.15, -0.1) is 0 Å². The summed E-state index contributed by atoms with van der Waals surface area (Å²) in [6, 6.07) is 3.97. The molecule has 1 saturated carbocycles. The van der Waals surface area contributed by atoms with E-state index in [4.69, 9.17) is 9.47 Å². The Labute approximate surface area is 114 Å². The number of methoxy groups -OCH3 is 1. The highest BCUT2D eigenvalue weighted by Crippen LogP contribution is 2.27. The van der Waals surface area contributed by atoms with Crippen LogP contribution in [0.4, 0.5) is 0 Å². The quantitative estimate of drug-likeness (QED) is 0.784. The Kier molecular flexibility index (Phi) is 4.91. The summed E-state index contributed by atoms with van der Waals surface area (Å²) < 4.78 is 10.7. The van der Waals surface area contributed by atoms with Crippen molar-refractivity contribution in [2.24, 2.45) is 5.92 Å². The van der Waals surface area contributed by atoms with E-state index in [9.17, 15) is 4.79 Å². The molecule has 104 valence electrons. The van der Waals surface area contributed by atoms with Gasteiger partial charge >= 0.3 is 5.97 Å². The van der Waals surface area contributed by atoms with Crippen LogP contribution in [0.25, 0.3) is 0 Å². The van der Waals surface area contributed by atoms with E-state index >= 15 is 0 Å². The Morgan fingerprint density at radius 2 is 2.11 bits per heavy atom. The molecule has 0 bridgehead atoms. The van der Waals surface area contributed by atoms with Crippen LogP contribution in [0.15, 0.2) is 18.3 Å². The van der Waals surface area contributed by atoms with E-state index in [0.29, 0.717) is 6.61 Å². The van der Waals surface area contributed by atoms with E-state index in [1.54, 1.807) is 6.20 Å². The summed E-state index contributed by atoms with van der Waals surface area (Å²) in [5, 5.41) is 0. The van der Waals surface area contributed by atoms with Gasteiger partial charge in [0, 0.05) is 6.20 Å². The summed E-state index contributed by atoms with van der Waals surface area (Å²) in [4.78, 5) is 15.7. The number of pyridine rings is 1. The summed E-state index contributed by atoms with van der Waals surface area (Å²) in [7, 11) is 1.45. The summed E-state index contributed by atoms with van der Waals surface area (Å²) in [5.74, 6) is -0.0274. The third-order valence-corrected chi connectivity index (χ3v) is 3.78. The molecule has 4 heteroatoms. The molecule has 1 aliphatic carbocycles. The van der Waals surface area contributed by atoms with Crippen molar-refractivity contribution in [2.75, 3.05) is 7.11 Å². The van der Waals surface area contributed by atoms with Gasteiger partial charge in [-0.05, 0) is 44.2 Å². The minimum atomic E-state index is -0.0842. The maximum atomic E-state index is 11.4. The molecule has 0 radical (unpaired) electrons. The predicted octanol–water partition coefficient (Wildman–Crippen LogP) is 2.64. The molecule has 1 fully saturated rings. The number of carbonyl (C=O) groups excluding carboxylic acids is 1. The molecule has 4 nitrogen and oxygen atoms in total. The second-order valence-electron chi connectivity index (χ2n) is 5.07. The van der Waals surface area contributed by atoms with E-state index in [0.717, 1.165) is 36.9 Å². The smallest absolute Gasteiger partial charge is 0.308 e. The highest BCUT2D eigenvalue weighted by atomic mass is 16.5. The molecule has 0 unspecified atom stereocenters. The van der Waals surface area contributed by atoms with E-state index in [2.05, 4.69) is 4.98 Å². The number of hydrogen-bond acceptors (Lipinski definition) is 4. The average molecular weight is 263 g/mol. The largest absolute Gasteiger partial charge is 0.469 e. The molecule has 0 aliphatic heterocycles. The van der Waals surface area contributed by atoms with Gasteiger partial charge in [-0.1, -0.05) is 6.07 Å². The third kappa shape index (κ3) is 3.77. The summed E-state index contributed by atoms with van der Waals surface area (Å²) in [6.45, 7) is 2.60. The molecule has 1 aliphatic rings. The van der Waals surface area contributed by atoms with Crippen molar-refractivity contribution < 1.29 is 14.3 Å². The van der Waals surface area contributed by atoms with Gasteiger partial charge < -0.3 is 9.47 Å². The first-order valence-corrected chi connectivity index (χ1v) is 6.80. The van der Waals surface area contributed by atoms with Gasteiger partial charge in [-0.2, -0.15) is 0 Å². The molecule has 19 heavy (non-hydrogen) atoms. The molecule has 0 aromatic carbocycles. The second-order valence-corrected chi connectivity index (χ2v) is 5.07. The van der Waals surface area contributed by atoms with Crippen molar-refractivity contribution in [1.82, 2.24) is 4.98 Å². The van der Waals surface area contributed by atoms with Crippen LogP contribution in [0.2, 0.25) is 0 Å². The first-order chi connectivity index (χ1) is 9.20. The Balaban J connectivity index is 1.77. The third-order valence-electron chi connectivity index (χ3n) is 3.78. The maximum absolute atomic E-state index is 11.4. The molecule has 1 aromatic heterocycles. The van der Waals surface area contributed by atoms with Crippen LogP contribution in [0, 0.1) is 12.8 Å². The van der Waals surface area contributed by atoms with Crippen LogP contribution in [-0.4, -0.2) is 24.2 Å². The fourth-order valence-corrected chi connectivity index (χ4v) is 2.50. The molecule has 1 heterocycles. The topological polar surface area (TPSA) is 48.4 Å². The van der Waals surface area contributed by atoms with Crippen LogP contribution in [0.5, 0.6) is 0 Å². The number of esters is 1. The molecule has 0 N–H and O–H groups in total. The lowest BCUT2D eigenvalue weighted by Gasteiger charge is -2.27. The van der Waals surface area contributed by atoms with Crippen molar-refractivity contribution in [3.8, 4) is 0 Å². The van der Waals surface area contributed by atoms with Gasteiger partial charge in [0.15, 0.2) is 0 Å². The van der Waals surface area contributed by atoms with Crippen molar-refractivity contribution >= 4 is 5.97 Å². The predicted molar refractivity (Wildman–Crippen MR) is 71.5 cm³/mol. The molecule has 0 atom stereocenters. The van der Waals surface area contributed by atoms with Gasteiger partial charge in [0.2, 0.25) is 0 Å². The lowest BCUT2D eigenvalue weighted by molar-refractivity contribution is -0.147. The Hall–Kier alpha value is -1.42. The molecular formula is C15H21NO3. The Morgan fingerprint density at radius 3 is 2.74 bits per heavy atom. The number of aryl methyl sites for hydroxylation is 1. The van der Waals surface area contributed by atoms with Crippen LogP contribution in [0.1, 0.15) is 36.9 Å². The molecule has 0 saturated heterocycles. The Bertz CT molecular complexity index is 425. The SMILES string of the molecule is COC(=O)C1CCC(OCc2ncccc2C)CC1. The number of ether oxygens (including phenoxy) is 2. The van der Waals surface area contributed by atoms with Crippen LogP contribution < -0.4 is 0 Å². The lowest BCUT2D eigenvalue weighted by atomic mass is 9.87. The standard InChI is InChI=1S/C15H21NO3/c1-11-4-3-9-16-14(11)10-19-13-7-5-12(6-8-13)15(17)18-2/h3-4,9,12-13H,5-8,10H2,1-2H3. The van der Waals surface area contributed by atoms with E-state index < -0.39 is 0 Å². The summed E-state index contributed by atoms with van der Waals surface area (Å²) in [6.07, 6.45) is 5.59. The van der Waals surface area contributed by atoms with Gasteiger partial charge in [-0.25, -0.2) is 0 Å². The van der Waals surface area contributed by atoms with Gasteiger partial charge in [0.05, 0.1) is 31.4 Å². The Morgan fingerprint density at radius 1 is 1.37 bits per heavy atom. The van der Waals surface area contributed by atoms with Crippen LogP contribution in [0.3, 0.4) is 0 Å². The highest BCUT2D eigenvalue weighted by Gasteiger charge is 2.27. The van der Waals surface area contributed by atoms with E-state index in [1.807, 2.05) is 19.1 Å². The zero-order chi connectivity index (χ0) is 13.7. The minimum absolute atomic E-state index is 0.0569. The number of hydrogen-bond donors (Lipinski definition) is 0. The van der Waals surface area contributed by atoms with Crippen molar-refractivity contribution in [3.05, 3.63) is 29.6 Å². The number of carbonyl (C=O) groups is 1. The first kappa shape index (κ1) is 14.0.